The van der Waals surface area contributed by atoms with E-state index in [4.69, 9.17) is 4.74 Å². The third-order valence-electron chi connectivity index (χ3n) is 2.72. The van der Waals surface area contributed by atoms with Gasteiger partial charge >= 0.3 is 0 Å². The summed E-state index contributed by atoms with van der Waals surface area (Å²) >= 11 is 0. The molecule has 0 atom stereocenters. The molecule has 1 rings (SSSR count). The second-order valence-electron chi connectivity index (χ2n) is 4.96. The monoisotopic (exact) mass is 267 g/mol. The molecule has 0 amide bonds. The molecule has 106 valence electrons. The van der Waals surface area contributed by atoms with E-state index in [1.54, 1.807) is 18.2 Å². The number of halogens is 1. The van der Waals surface area contributed by atoms with Crippen LogP contribution in [-0.2, 0) is 16.0 Å². The lowest BCUT2D eigenvalue weighted by Gasteiger charge is -2.16. The standard InChI is InChI=1S/C15H22FNO2/c1-12(2)19-9-8-17(3)11-14(18)10-13-6-4-5-7-15(13)16/h4-7,12H,8-11H2,1-3H3. The molecule has 3 nitrogen and oxygen atoms in total. The number of likely N-dealkylation sites (N-methyl/N-ethyl adjacent to an activating group) is 1. The Kier molecular flexibility index (Phi) is 6.67. The molecule has 0 N–H and O–H groups in total. The van der Waals surface area contributed by atoms with Gasteiger partial charge in [0.25, 0.3) is 0 Å². The van der Waals surface area contributed by atoms with E-state index in [0.29, 0.717) is 25.3 Å². The number of ether oxygens (including phenoxy) is 1. The summed E-state index contributed by atoms with van der Waals surface area (Å²) < 4.78 is 18.8. The van der Waals surface area contributed by atoms with Gasteiger partial charge < -0.3 is 4.74 Å². The fraction of sp³-hybridized carbons (Fsp3) is 0.533. The number of benzene rings is 1. The van der Waals surface area contributed by atoms with Gasteiger partial charge in [0.2, 0.25) is 0 Å². The molecule has 19 heavy (non-hydrogen) atoms. The van der Waals surface area contributed by atoms with Gasteiger partial charge in [-0.15, -0.1) is 0 Å². The van der Waals surface area contributed by atoms with Crippen LogP contribution in [0.3, 0.4) is 0 Å². The zero-order valence-electron chi connectivity index (χ0n) is 11.9. The van der Waals surface area contributed by atoms with Crippen molar-refractivity contribution in [1.29, 1.82) is 0 Å². The highest BCUT2D eigenvalue weighted by Gasteiger charge is 2.10. The number of hydrogen-bond acceptors (Lipinski definition) is 3. The van der Waals surface area contributed by atoms with Gasteiger partial charge in [-0.05, 0) is 32.5 Å². The van der Waals surface area contributed by atoms with E-state index < -0.39 is 0 Å². The van der Waals surface area contributed by atoms with E-state index in [1.807, 2.05) is 25.8 Å². The average molecular weight is 267 g/mol. The summed E-state index contributed by atoms with van der Waals surface area (Å²) in [5.41, 5.74) is 0.458. The number of hydrogen-bond donors (Lipinski definition) is 0. The van der Waals surface area contributed by atoms with Crippen molar-refractivity contribution in [3.63, 3.8) is 0 Å². The molecule has 0 aliphatic carbocycles. The summed E-state index contributed by atoms with van der Waals surface area (Å²) in [6, 6.07) is 6.39. The molecule has 0 bridgehead atoms. The summed E-state index contributed by atoms with van der Waals surface area (Å²) in [4.78, 5) is 13.7. The van der Waals surface area contributed by atoms with E-state index in [1.165, 1.54) is 6.07 Å². The molecular weight excluding hydrogens is 245 g/mol. The smallest absolute Gasteiger partial charge is 0.151 e. The summed E-state index contributed by atoms with van der Waals surface area (Å²) in [6.07, 6.45) is 0.338. The Hall–Kier alpha value is -1.26. The van der Waals surface area contributed by atoms with Crippen molar-refractivity contribution in [2.24, 2.45) is 0 Å². The van der Waals surface area contributed by atoms with Crippen LogP contribution in [0.5, 0.6) is 0 Å². The lowest BCUT2D eigenvalue weighted by Crippen LogP contribution is -2.30. The summed E-state index contributed by atoms with van der Waals surface area (Å²) in [5.74, 6) is -0.307. The number of nitrogens with zero attached hydrogens (tertiary/aromatic N) is 1. The molecule has 4 heteroatoms. The third kappa shape index (κ3) is 6.45. The highest BCUT2D eigenvalue weighted by Crippen LogP contribution is 2.07. The molecule has 0 radical (unpaired) electrons. The molecular formula is C15H22FNO2. The minimum Gasteiger partial charge on any atom is -0.377 e. The summed E-state index contributed by atoms with van der Waals surface area (Å²) in [7, 11) is 1.86. The van der Waals surface area contributed by atoms with Crippen molar-refractivity contribution in [2.75, 3.05) is 26.7 Å². The first kappa shape index (κ1) is 15.8. The van der Waals surface area contributed by atoms with Gasteiger partial charge in [0, 0.05) is 13.0 Å². The van der Waals surface area contributed by atoms with Gasteiger partial charge in [0.15, 0.2) is 5.78 Å². The molecule has 0 heterocycles. The molecule has 0 fully saturated rings. The van der Waals surface area contributed by atoms with Gasteiger partial charge in [0.1, 0.15) is 5.82 Å². The van der Waals surface area contributed by atoms with Crippen molar-refractivity contribution in [2.45, 2.75) is 26.4 Å². The van der Waals surface area contributed by atoms with Crippen molar-refractivity contribution in [1.82, 2.24) is 4.90 Å². The van der Waals surface area contributed by atoms with Crippen LogP contribution in [0.2, 0.25) is 0 Å². The van der Waals surface area contributed by atoms with Crippen LogP contribution in [0.25, 0.3) is 0 Å². The maximum Gasteiger partial charge on any atom is 0.151 e. The fourth-order valence-electron chi connectivity index (χ4n) is 1.73. The first-order chi connectivity index (χ1) is 8.99. The van der Waals surface area contributed by atoms with Crippen LogP contribution in [0, 0.1) is 5.82 Å². The Morgan fingerprint density at radius 2 is 2.05 bits per heavy atom. The van der Waals surface area contributed by atoms with E-state index in [0.717, 1.165) is 0 Å². The number of rotatable bonds is 8. The second kappa shape index (κ2) is 8.02. The van der Waals surface area contributed by atoms with Gasteiger partial charge in [-0.25, -0.2) is 4.39 Å². The number of carbonyl (C=O) groups excluding carboxylic acids is 1. The molecule has 1 aromatic rings. The highest BCUT2D eigenvalue weighted by molar-refractivity contribution is 5.82. The van der Waals surface area contributed by atoms with E-state index in [9.17, 15) is 9.18 Å². The number of carbonyl (C=O) groups is 1. The van der Waals surface area contributed by atoms with Gasteiger partial charge in [-0.2, -0.15) is 0 Å². The molecule has 0 aliphatic rings. The van der Waals surface area contributed by atoms with Gasteiger partial charge in [0.05, 0.1) is 19.3 Å². The van der Waals surface area contributed by atoms with Crippen molar-refractivity contribution in [3.8, 4) is 0 Å². The zero-order valence-corrected chi connectivity index (χ0v) is 11.9. The third-order valence-corrected chi connectivity index (χ3v) is 2.72. The van der Waals surface area contributed by atoms with Crippen molar-refractivity contribution < 1.29 is 13.9 Å². The minimum atomic E-state index is -0.318. The zero-order chi connectivity index (χ0) is 14.3. The van der Waals surface area contributed by atoms with Crippen LogP contribution < -0.4 is 0 Å². The normalized spacial score (nSPS) is 11.3. The van der Waals surface area contributed by atoms with Crippen LogP contribution in [-0.4, -0.2) is 43.5 Å². The van der Waals surface area contributed by atoms with Crippen LogP contribution in [0.1, 0.15) is 19.4 Å². The van der Waals surface area contributed by atoms with Gasteiger partial charge in [-0.1, -0.05) is 18.2 Å². The van der Waals surface area contributed by atoms with Crippen LogP contribution >= 0.6 is 0 Å². The molecule has 0 saturated heterocycles. The van der Waals surface area contributed by atoms with E-state index in [2.05, 4.69) is 0 Å². The number of Topliss-reactive ketones (excluding diaryl/α,β-unsaturated/α-hetero) is 1. The fourth-order valence-corrected chi connectivity index (χ4v) is 1.73. The SMILES string of the molecule is CC(C)OCCN(C)CC(=O)Cc1ccccc1F. The van der Waals surface area contributed by atoms with Crippen LogP contribution in [0.15, 0.2) is 24.3 Å². The average Bonchev–Trinajstić information content (AvgIpc) is 2.31. The lowest BCUT2D eigenvalue weighted by molar-refractivity contribution is -0.119. The predicted octanol–water partition coefficient (Wildman–Crippen LogP) is 2.29. The molecule has 1 aromatic carbocycles. The maximum absolute atomic E-state index is 13.4. The van der Waals surface area contributed by atoms with E-state index in [-0.39, 0.29) is 24.1 Å². The topological polar surface area (TPSA) is 29.5 Å². The van der Waals surface area contributed by atoms with Crippen molar-refractivity contribution in [3.05, 3.63) is 35.6 Å². The second-order valence-corrected chi connectivity index (χ2v) is 4.96. The Morgan fingerprint density at radius 1 is 1.37 bits per heavy atom. The quantitative estimate of drug-likeness (QED) is 0.724. The molecule has 0 aromatic heterocycles. The Bertz CT molecular complexity index is 407. The Labute approximate surface area is 114 Å². The van der Waals surface area contributed by atoms with Crippen molar-refractivity contribution >= 4 is 5.78 Å². The van der Waals surface area contributed by atoms with E-state index >= 15 is 0 Å². The first-order valence-corrected chi connectivity index (χ1v) is 6.54. The largest absolute Gasteiger partial charge is 0.377 e. The van der Waals surface area contributed by atoms with Gasteiger partial charge in [-0.3, -0.25) is 9.69 Å². The Balaban J connectivity index is 2.33. The Morgan fingerprint density at radius 3 is 2.68 bits per heavy atom. The predicted molar refractivity (Wildman–Crippen MR) is 73.7 cm³/mol. The highest BCUT2D eigenvalue weighted by atomic mass is 19.1. The number of ketones is 1. The molecule has 0 aliphatic heterocycles. The first-order valence-electron chi connectivity index (χ1n) is 6.54. The molecule has 0 unspecified atom stereocenters. The minimum absolute atomic E-state index is 0.0112. The maximum atomic E-state index is 13.4. The lowest BCUT2D eigenvalue weighted by atomic mass is 10.1. The summed E-state index contributed by atoms with van der Waals surface area (Å²) in [6.45, 7) is 5.56. The molecule has 0 saturated carbocycles. The summed E-state index contributed by atoms with van der Waals surface area (Å²) in [5, 5.41) is 0. The molecule has 0 spiro atoms. The van der Waals surface area contributed by atoms with Crippen LogP contribution in [0.4, 0.5) is 4.39 Å².